The van der Waals surface area contributed by atoms with Crippen molar-refractivity contribution in [3.8, 4) is 0 Å². The first kappa shape index (κ1) is 14.3. The van der Waals surface area contributed by atoms with E-state index in [-0.39, 0.29) is 0 Å². The molecule has 94 valence electrons. The molecule has 0 aliphatic rings. The Balaban J connectivity index is 2.66. The number of thioether (sulfide) groups is 1. The summed E-state index contributed by atoms with van der Waals surface area (Å²) in [5.41, 5.74) is 0. The van der Waals surface area contributed by atoms with Crippen LogP contribution in [0.3, 0.4) is 0 Å². The molecule has 0 spiro atoms. The number of nitrogens with zero attached hydrogens (tertiary/aromatic N) is 2. The third-order valence-electron chi connectivity index (χ3n) is 2.15. The highest BCUT2D eigenvalue weighted by atomic mass is 32.2. The fourth-order valence-electron chi connectivity index (χ4n) is 1.37. The van der Waals surface area contributed by atoms with Gasteiger partial charge in [0.05, 0.1) is 0 Å². The van der Waals surface area contributed by atoms with E-state index in [1.54, 1.807) is 0 Å². The van der Waals surface area contributed by atoms with E-state index in [4.69, 9.17) is 0 Å². The first-order chi connectivity index (χ1) is 8.08. The molecule has 0 heterocycles. The van der Waals surface area contributed by atoms with Crippen LogP contribution < -0.4 is 0 Å². The summed E-state index contributed by atoms with van der Waals surface area (Å²) < 4.78 is 0. The summed E-state index contributed by atoms with van der Waals surface area (Å²) in [6.45, 7) is 1.98. The minimum atomic E-state index is 0.989. The van der Waals surface area contributed by atoms with Crippen molar-refractivity contribution in [3.63, 3.8) is 0 Å². The fraction of sp³-hybridized carbons (Fsp3) is 0.429. The summed E-state index contributed by atoms with van der Waals surface area (Å²) in [5.74, 6) is 0. The molecule has 2 nitrogen and oxygen atoms in total. The zero-order valence-electron chi connectivity index (χ0n) is 11.2. The average molecular weight is 250 g/mol. The second-order valence-electron chi connectivity index (χ2n) is 4.59. The Morgan fingerprint density at radius 1 is 1.06 bits per heavy atom. The predicted molar refractivity (Wildman–Crippen MR) is 77.5 cm³/mol. The first-order valence-electron chi connectivity index (χ1n) is 5.79. The molecule has 1 aromatic rings. The largest absolute Gasteiger partial charge is 0.306 e. The lowest BCUT2D eigenvalue weighted by atomic mass is 10.4. The Labute approximate surface area is 109 Å². The third kappa shape index (κ3) is 6.51. The van der Waals surface area contributed by atoms with Crippen molar-refractivity contribution in [2.24, 2.45) is 0 Å². The monoisotopic (exact) mass is 250 g/mol. The van der Waals surface area contributed by atoms with Gasteiger partial charge in [-0.05, 0) is 40.3 Å². The van der Waals surface area contributed by atoms with Gasteiger partial charge in [-0.2, -0.15) is 0 Å². The van der Waals surface area contributed by atoms with E-state index < -0.39 is 0 Å². The zero-order valence-corrected chi connectivity index (χ0v) is 12.0. The molecule has 0 unspecified atom stereocenters. The second kappa shape index (κ2) is 7.54. The molecular formula is C14H22N2S. The van der Waals surface area contributed by atoms with Gasteiger partial charge in [-0.15, -0.1) is 0 Å². The van der Waals surface area contributed by atoms with Crippen molar-refractivity contribution in [3.05, 3.63) is 41.3 Å². The van der Waals surface area contributed by atoms with Crippen molar-refractivity contribution in [2.45, 2.75) is 4.90 Å². The maximum Gasteiger partial charge on any atom is 0.0288 e. The van der Waals surface area contributed by atoms with Gasteiger partial charge in [-0.25, -0.2) is 0 Å². The summed E-state index contributed by atoms with van der Waals surface area (Å²) in [6, 6.07) is 10.5. The molecule has 0 N–H and O–H groups in total. The summed E-state index contributed by atoms with van der Waals surface area (Å²) in [6.07, 6.45) is 2.30. The summed E-state index contributed by atoms with van der Waals surface area (Å²) >= 11 is 1.85. The molecule has 3 heteroatoms. The van der Waals surface area contributed by atoms with Crippen LogP contribution in [0.15, 0.2) is 46.2 Å². The van der Waals surface area contributed by atoms with Crippen LogP contribution >= 0.6 is 11.8 Å². The maximum absolute atomic E-state index is 2.30. The van der Waals surface area contributed by atoms with Crippen LogP contribution in [0.4, 0.5) is 0 Å². The fourth-order valence-corrected chi connectivity index (χ4v) is 2.45. The van der Waals surface area contributed by atoms with Crippen LogP contribution in [0, 0.1) is 0 Å². The Morgan fingerprint density at radius 2 is 1.71 bits per heavy atom. The number of hydrogen-bond donors (Lipinski definition) is 0. The molecule has 17 heavy (non-hydrogen) atoms. The van der Waals surface area contributed by atoms with Gasteiger partial charge in [0.2, 0.25) is 0 Å². The molecule has 0 aliphatic carbocycles. The van der Waals surface area contributed by atoms with Gasteiger partial charge < -0.3 is 9.80 Å². The molecule has 0 radical (unpaired) electrons. The lowest BCUT2D eigenvalue weighted by Crippen LogP contribution is -2.16. The highest BCUT2D eigenvalue weighted by Gasteiger charge is 2.02. The predicted octanol–water partition coefficient (Wildman–Crippen LogP) is 2.79. The topological polar surface area (TPSA) is 6.48 Å². The molecule has 0 fully saturated rings. The minimum Gasteiger partial charge on any atom is -0.306 e. The minimum absolute atomic E-state index is 0.989. The normalized spacial score (nSPS) is 12.5. The molecule has 0 saturated carbocycles. The standard InChI is InChI=1S/C14H22N2S/c1-15(2)11-10-14(12-16(3)4)17-13-8-6-5-7-9-13/h5-10H,11-12H2,1-4H3. The van der Waals surface area contributed by atoms with Crippen LogP contribution in [-0.2, 0) is 0 Å². The summed E-state index contributed by atoms with van der Waals surface area (Å²) in [4.78, 5) is 7.09. The molecule has 1 aromatic carbocycles. The number of hydrogen-bond acceptors (Lipinski definition) is 3. The quantitative estimate of drug-likeness (QED) is 0.717. The van der Waals surface area contributed by atoms with E-state index in [1.807, 2.05) is 11.8 Å². The highest BCUT2D eigenvalue weighted by molar-refractivity contribution is 8.03. The van der Waals surface area contributed by atoms with Crippen LogP contribution in [0.1, 0.15) is 0 Å². The van der Waals surface area contributed by atoms with Gasteiger partial charge in [-0.1, -0.05) is 36.0 Å². The van der Waals surface area contributed by atoms with E-state index in [9.17, 15) is 0 Å². The lowest BCUT2D eigenvalue weighted by Gasteiger charge is -2.14. The molecule has 0 aromatic heterocycles. The van der Waals surface area contributed by atoms with Gasteiger partial charge in [0, 0.05) is 22.9 Å². The molecule has 0 bridgehead atoms. The van der Waals surface area contributed by atoms with Crippen molar-refractivity contribution >= 4 is 11.8 Å². The van der Waals surface area contributed by atoms with Crippen molar-refractivity contribution in [1.82, 2.24) is 9.80 Å². The van der Waals surface area contributed by atoms with E-state index >= 15 is 0 Å². The Bertz CT molecular complexity index is 344. The Hall–Kier alpha value is -0.770. The second-order valence-corrected chi connectivity index (χ2v) is 5.79. The van der Waals surface area contributed by atoms with Crippen molar-refractivity contribution in [2.75, 3.05) is 41.3 Å². The average Bonchev–Trinajstić information content (AvgIpc) is 2.26. The lowest BCUT2D eigenvalue weighted by molar-refractivity contribution is 0.441. The van der Waals surface area contributed by atoms with Gasteiger partial charge in [-0.3, -0.25) is 0 Å². The SMILES string of the molecule is CN(C)CC=C(CN(C)C)Sc1ccccc1. The number of benzene rings is 1. The van der Waals surface area contributed by atoms with Gasteiger partial charge in [0.15, 0.2) is 0 Å². The van der Waals surface area contributed by atoms with Crippen LogP contribution in [0.5, 0.6) is 0 Å². The molecule has 0 saturated heterocycles. The molecule has 0 aliphatic heterocycles. The zero-order chi connectivity index (χ0) is 12.7. The molecule has 0 atom stereocenters. The first-order valence-corrected chi connectivity index (χ1v) is 6.61. The molecule has 0 amide bonds. The van der Waals surface area contributed by atoms with Crippen molar-refractivity contribution < 1.29 is 0 Å². The van der Waals surface area contributed by atoms with Gasteiger partial charge >= 0.3 is 0 Å². The van der Waals surface area contributed by atoms with Gasteiger partial charge in [0.25, 0.3) is 0 Å². The summed E-state index contributed by atoms with van der Waals surface area (Å²) in [5, 5.41) is 0. The van der Waals surface area contributed by atoms with E-state index in [1.165, 1.54) is 9.80 Å². The van der Waals surface area contributed by atoms with Crippen LogP contribution in [-0.4, -0.2) is 51.1 Å². The number of rotatable bonds is 6. The van der Waals surface area contributed by atoms with E-state index in [0.29, 0.717) is 0 Å². The van der Waals surface area contributed by atoms with E-state index in [2.05, 4.69) is 74.4 Å². The molecular weight excluding hydrogens is 228 g/mol. The third-order valence-corrected chi connectivity index (χ3v) is 3.21. The Kier molecular flexibility index (Phi) is 6.34. The molecule has 1 rings (SSSR count). The van der Waals surface area contributed by atoms with Crippen LogP contribution in [0.25, 0.3) is 0 Å². The number of likely N-dealkylation sites (N-methyl/N-ethyl adjacent to an activating group) is 2. The van der Waals surface area contributed by atoms with Crippen LogP contribution in [0.2, 0.25) is 0 Å². The highest BCUT2D eigenvalue weighted by Crippen LogP contribution is 2.26. The Morgan fingerprint density at radius 3 is 2.24 bits per heavy atom. The maximum atomic E-state index is 2.30. The van der Waals surface area contributed by atoms with Crippen molar-refractivity contribution in [1.29, 1.82) is 0 Å². The van der Waals surface area contributed by atoms with E-state index in [0.717, 1.165) is 13.1 Å². The summed E-state index contributed by atoms with van der Waals surface area (Å²) in [7, 11) is 8.40. The van der Waals surface area contributed by atoms with Gasteiger partial charge in [0.1, 0.15) is 0 Å². The smallest absolute Gasteiger partial charge is 0.0288 e.